The second-order valence-corrected chi connectivity index (χ2v) is 6.12. The van der Waals surface area contributed by atoms with Crippen LogP contribution in [0.4, 0.5) is 0 Å². The van der Waals surface area contributed by atoms with Crippen molar-refractivity contribution in [3.63, 3.8) is 0 Å². The van der Waals surface area contributed by atoms with E-state index in [1.807, 2.05) is 23.9 Å². The first kappa shape index (κ1) is 14.2. The molecule has 1 saturated heterocycles. The molecule has 0 amide bonds. The van der Waals surface area contributed by atoms with Gasteiger partial charge in [-0.3, -0.25) is 9.58 Å². The molecule has 1 aliphatic heterocycles. The fourth-order valence-corrected chi connectivity index (χ4v) is 3.11. The van der Waals surface area contributed by atoms with E-state index >= 15 is 0 Å². The van der Waals surface area contributed by atoms with Crippen LogP contribution in [0.25, 0.3) is 11.4 Å². The summed E-state index contributed by atoms with van der Waals surface area (Å²) in [4.78, 5) is 11.7. The Labute approximate surface area is 126 Å². The lowest BCUT2D eigenvalue weighted by Gasteiger charge is -2.20. The molecule has 3 rings (SSSR count). The molecule has 5 heteroatoms. The van der Waals surface area contributed by atoms with Crippen LogP contribution in [0.5, 0.6) is 0 Å². The van der Waals surface area contributed by atoms with Crippen LogP contribution in [0.2, 0.25) is 0 Å². The predicted molar refractivity (Wildman–Crippen MR) is 83.0 cm³/mol. The van der Waals surface area contributed by atoms with Gasteiger partial charge in [0.25, 0.3) is 0 Å². The molecule has 0 N–H and O–H groups in total. The Hall–Kier alpha value is -1.75. The monoisotopic (exact) mass is 285 g/mol. The number of rotatable bonds is 3. The molecule has 2 aromatic heterocycles. The van der Waals surface area contributed by atoms with Crippen LogP contribution >= 0.6 is 0 Å². The summed E-state index contributed by atoms with van der Waals surface area (Å²) in [5.74, 6) is 0.833. The molecule has 1 unspecified atom stereocenters. The molecule has 1 aliphatic rings. The molecule has 5 nitrogen and oxygen atoms in total. The van der Waals surface area contributed by atoms with Crippen molar-refractivity contribution in [2.45, 2.75) is 45.7 Å². The molecule has 1 atom stereocenters. The van der Waals surface area contributed by atoms with Gasteiger partial charge in [0.2, 0.25) is 0 Å². The minimum atomic E-state index is 0.322. The smallest absolute Gasteiger partial charge is 0.126 e. The maximum absolute atomic E-state index is 4.67. The van der Waals surface area contributed by atoms with Crippen LogP contribution < -0.4 is 0 Å². The van der Waals surface area contributed by atoms with Gasteiger partial charge in [0.05, 0.1) is 23.1 Å². The standard InChI is InChI=1S/C16H23N5/c1-11(2)21-16(7-8-17-21)14-10-13(18-12(3)19-14)15-6-5-9-20(15)4/h7-8,10-11,15H,5-6,9H2,1-4H3. The quantitative estimate of drug-likeness (QED) is 0.869. The third-order valence-corrected chi connectivity index (χ3v) is 4.14. The second kappa shape index (κ2) is 5.56. The average molecular weight is 285 g/mol. The third kappa shape index (κ3) is 2.70. The van der Waals surface area contributed by atoms with Crippen LogP contribution in [-0.4, -0.2) is 38.2 Å². The van der Waals surface area contributed by atoms with Crippen molar-refractivity contribution < 1.29 is 0 Å². The van der Waals surface area contributed by atoms with Crippen molar-refractivity contribution in [1.29, 1.82) is 0 Å². The highest BCUT2D eigenvalue weighted by atomic mass is 15.3. The number of nitrogens with zero attached hydrogens (tertiary/aromatic N) is 5. The highest BCUT2D eigenvalue weighted by molar-refractivity contribution is 5.55. The summed E-state index contributed by atoms with van der Waals surface area (Å²) in [6, 6.07) is 4.91. The summed E-state index contributed by atoms with van der Waals surface area (Å²) in [5.41, 5.74) is 3.18. The highest BCUT2D eigenvalue weighted by Crippen LogP contribution is 2.31. The van der Waals surface area contributed by atoms with Gasteiger partial charge in [-0.05, 0) is 59.3 Å². The Morgan fingerprint density at radius 2 is 2.10 bits per heavy atom. The predicted octanol–water partition coefficient (Wildman–Crippen LogP) is 3.00. The Morgan fingerprint density at radius 1 is 1.29 bits per heavy atom. The molecule has 0 spiro atoms. The summed E-state index contributed by atoms with van der Waals surface area (Å²) >= 11 is 0. The van der Waals surface area contributed by atoms with E-state index in [1.54, 1.807) is 0 Å². The van der Waals surface area contributed by atoms with Crippen molar-refractivity contribution in [3.8, 4) is 11.4 Å². The fourth-order valence-electron chi connectivity index (χ4n) is 3.11. The van der Waals surface area contributed by atoms with E-state index in [1.165, 1.54) is 12.8 Å². The molecule has 0 aromatic carbocycles. The second-order valence-electron chi connectivity index (χ2n) is 6.12. The Kier molecular flexibility index (Phi) is 3.76. The molecule has 0 radical (unpaired) electrons. The van der Waals surface area contributed by atoms with Crippen molar-refractivity contribution in [2.24, 2.45) is 0 Å². The molecular weight excluding hydrogens is 262 g/mol. The number of likely N-dealkylation sites (tertiary alicyclic amines) is 1. The third-order valence-electron chi connectivity index (χ3n) is 4.14. The van der Waals surface area contributed by atoms with Gasteiger partial charge in [0.1, 0.15) is 5.82 Å². The molecule has 1 fully saturated rings. The van der Waals surface area contributed by atoms with Crippen LogP contribution in [-0.2, 0) is 0 Å². The fraction of sp³-hybridized carbons (Fsp3) is 0.562. The summed E-state index contributed by atoms with van der Waals surface area (Å²) < 4.78 is 2.02. The molecule has 3 heterocycles. The Balaban J connectivity index is 2.03. The Morgan fingerprint density at radius 3 is 2.76 bits per heavy atom. The van der Waals surface area contributed by atoms with Crippen molar-refractivity contribution >= 4 is 0 Å². The van der Waals surface area contributed by atoms with Crippen LogP contribution in [0, 0.1) is 6.92 Å². The molecule has 2 aromatic rings. The number of hydrogen-bond donors (Lipinski definition) is 0. The van der Waals surface area contributed by atoms with Gasteiger partial charge in [0.15, 0.2) is 0 Å². The van der Waals surface area contributed by atoms with E-state index in [0.29, 0.717) is 12.1 Å². The topological polar surface area (TPSA) is 46.8 Å². The van der Waals surface area contributed by atoms with E-state index in [9.17, 15) is 0 Å². The van der Waals surface area contributed by atoms with E-state index in [2.05, 4.69) is 46.9 Å². The molecule has 21 heavy (non-hydrogen) atoms. The molecule has 0 aliphatic carbocycles. The van der Waals surface area contributed by atoms with Gasteiger partial charge in [-0.2, -0.15) is 5.10 Å². The first-order chi connectivity index (χ1) is 10.1. The summed E-state index contributed by atoms with van der Waals surface area (Å²) in [6.07, 6.45) is 4.26. The largest absolute Gasteiger partial charge is 0.298 e. The van der Waals surface area contributed by atoms with E-state index in [0.717, 1.165) is 29.5 Å². The van der Waals surface area contributed by atoms with Crippen molar-refractivity contribution in [2.75, 3.05) is 13.6 Å². The molecule has 0 saturated carbocycles. The molecule has 0 bridgehead atoms. The van der Waals surface area contributed by atoms with Gasteiger partial charge in [-0.15, -0.1) is 0 Å². The minimum absolute atomic E-state index is 0.322. The summed E-state index contributed by atoms with van der Waals surface area (Å²) in [6.45, 7) is 7.39. The van der Waals surface area contributed by atoms with Crippen LogP contribution in [0.15, 0.2) is 18.3 Å². The van der Waals surface area contributed by atoms with Crippen LogP contribution in [0.1, 0.15) is 50.3 Å². The van der Waals surface area contributed by atoms with Gasteiger partial charge in [-0.1, -0.05) is 0 Å². The van der Waals surface area contributed by atoms with Gasteiger partial charge >= 0.3 is 0 Å². The summed E-state index contributed by atoms with van der Waals surface area (Å²) in [5, 5.41) is 4.41. The van der Waals surface area contributed by atoms with Gasteiger partial charge < -0.3 is 0 Å². The Bertz CT molecular complexity index is 631. The highest BCUT2D eigenvalue weighted by Gasteiger charge is 2.25. The van der Waals surface area contributed by atoms with E-state index in [-0.39, 0.29) is 0 Å². The zero-order chi connectivity index (χ0) is 15.0. The van der Waals surface area contributed by atoms with Crippen molar-refractivity contribution in [1.82, 2.24) is 24.6 Å². The number of aromatic nitrogens is 4. The lowest BCUT2D eigenvalue weighted by atomic mass is 10.1. The first-order valence-corrected chi connectivity index (χ1v) is 7.66. The van der Waals surface area contributed by atoms with Gasteiger partial charge in [-0.25, -0.2) is 9.97 Å². The first-order valence-electron chi connectivity index (χ1n) is 7.66. The number of hydrogen-bond acceptors (Lipinski definition) is 4. The lowest BCUT2D eigenvalue weighted by molar-refractivity contribution is 0.311. The maximum Gasteiger partial charge on any atom is 0.126 e. The minimum Gasteiger partial charge on any atom is -0.298 e. The zero-order valence-corrected chi connectivity index (χ0v) is 13.2. The molecular formula is C16H23N5. The van der Waals surface area contributed by atoms with Crippen LogP contribution in [0.3, 0.4) is 0 Å². The van der Waals surface area contributed by atoms with E-state index < -0.39 is 0 Å². The van der Waals surface area contributed by atoms with Gasteiger partial charge in [0, 0.05) is 12.2 Å². The average Bonchev–Trinajstić information content (AvgIpc) is 3.06. The normalized spacial score (nSPS) is 19.6. The SMILES string of the molecule is Cc1nc(-c2ccnn2C(C)C)cc(C2CCCN2C)n1. The van der Waals surface area contributed by atoms with E-state index in [4.69, 9.17) is 0 Å². The van der Waals surface area contributed by atoms with Crippen molar-refractivity contribution in [3.05, 3.63) is 29.8 Å². The lowest BCUT2D eigenvalue weighted by Crippen LogP contribution is -2.19. The number of aryl methyl sites for hydroxylation is 1. The summed E-state index contributed by atoms with van der Waals surface area (Å²) in [7, 11) is 2.17. The molecule has 112 valence electrons. The maximum atomic E-state index is 4.67. The zero-order valence-electron chi connectivity index (χ0n) is 13.2.